The highest BCUT2D eigenvalue weighted by atomic mass is 31.1. The van der Waals surface area contributed by atoms with Crippen LogP contribution in [-0.2, 0) is 0 Å². The first-order valence-electron chi connectivity index (χ1n) is 10.3. The van der Waals surface area contributed by atoms with E-state index in [1.807, 2.05) is 42.2 Å². The SMILES string of the molecule is C=C(C)c1ccc(N2CC3(C)Pc4cc(ccc4F)N3c3cc(C=N)c(N)c(F)c32)cc1. The molecule has 0 saturated heterocycles. The van der Waals surface area contributed by atoms with Crippen molar-refractivity contribution in [2.75, 3.05) is 22.1 Å². The van der Waals surface area contributed by atoms with Crippen LogP contribution in [0.2, 0.25) is 0 Å². The van der Waals surface area contributed by atoms with Crippen molar-refractivity contribution in [2.24, 2.45) is 0 Å². The largest absolute Gasteiger partial charge is 0.396 e. The summed E-state index contributed by atoms with van der Waals surface area (Å²) in [7, 11) is 0.157. The number of rotatable bonds is 3. The van der Waals surface area contributed by atoms with Gasteiger partial charge in [-0.05, 0) is 55.8 Å². The van der Waals surface area contributed by atoms with Crippen molar-refractivity contribution in [3.63, 3.8) is 0 Å². The maximum atomic E-state index is 15.7. The molecule has 2 heterocycles. The van der Waals surface area contributed by atoms with E-state index in [0.717, 1.165) is 28.7 Å². The summed E-state index contributed by atoms with van der Waals surface area (Å²) in [6.07, 6.45) is 1.07. The minimum absolute atomic E-state index is 0.0508. The summed E-state index contributed by atoms with van der Waals surface area (Å²) in [4.78, 5) is 3.99. The van der Waals surface area contributed by atoms with Crippen molar-refractivity contribution >= 4 is 54.1 Å². The molecule has 7 heteroatoms. The Balaban J connectivity index is 1.77. The molecular weight excluding hydrogens is 425 g/mol. The number of fused-ring (bicyclic) bond motifs is 6. The smallest absolute Gasteiger partial charge is 0.172 e. The van der Waals surface area contributed by atoms with Gasteiger partial charge in [0.25, 0.3) is 0 Å². The van der Waals surface area contributed by atoms with Crippen LogP contribution in [0.1, 0.15) is 25.0 Å². The predicted octanol–water partition coefficient (Wildman–Crippen LogP) is 5.90. The molecule has 5 rings (SSSR count). The molecule has 32 heavy (non-hydrogen) atoms. The van der Waals surface area contributed by atoms with Gasteiger partial charge in [-0.3, -0.25) is 0 Å². The molecule has 2 unspecified atom stereocenters. The third-order valence-corrected chi connectivity index (χ3v) is 7.77. The maximum absolute atomic E-state index is 15.7. The molecule has 0 aromatic heterocycles. The first-order valence-corrected chi connectivity index (χ1v) is 11.3. The maximum Gasteiger partial charge on any atom is 0.172 e. The van der Waals surface area contributed by atoms with E-state index in [1.54, 1.807) is 12.1 Å². The number of hydrogen-bond acceptors (Lipinski definition) is 4. The molecule has 0 saturated carbocycles. The van der Waals surface area contributed by atoms with Gasteiger partial charge in [-0.25, -0.2) is 8.78 Å². The first-order chi connectivity index (χ1) is 15.2. The highest BCUT2D eigenvalue weighted by Gasteiger charge is 2.46. The number of nitrogens with one attached hydrogen (secondary N) is 1. The predicted molar refractivity (Wildman–Crippen MR) is 132 cm³/mol. The molecule has 2 aliphatic rings. The molecule has 4 nitrogen and oxygen atoms in total. The number of nitrogen functional groups attached to an aromatic ring is 1. The second-order valence-electron chi connectivity index (χ2n) is 8.52. The summed E-state index contributed by atoms with van der Waals surface area (Å²) >= 11 is 0. The summed E-state index contributed by atoms with van der Waals surface area (Å²) in [6.45, 7) is 8.44. The van der Waals surface area contributed by atoms with Gasteiger partial charge in [0.1, 0.15) is 11.5 Å². The van der Waals surface area contributed by atoms with Gasteiger partial charge in [0.05, 0.1) is 23.2 Å². The van der Waals surface area contributed by atoms with Crippen molar-refractivity contribution in [3.8, 4) is 0 Å². The molecule has 2 atom stereocenters. The fraction of sp³-hybridized carbons (Fsp3) is 0.160. The van der Waals surface area contributed by atoms with Crippen molar-refractivity contribution < 1.29 is 8.78 Å². The standard InChI is InChI=1S/C25H23F2N4P/c1-14(2)15-4-6-17(7-5-15)30-13-25(3)31(18-8-9-19(26)21(11-18)32-25)20-10-16(12-28)23(29)22(27)24(20)30/h4-12,28,32H,1,13,29H2,2-3H3. The van der Waals surface area contributed by atoms with Crippen molar-refractivity contribution in [1.82, 2.24) is 0 Å². The molecule has 2 bridgehead atoms. The topological polar surface area (TPSA) is 56.4 Å². The van der Waals surface area contributed by atoms with E-state index in [4.69, 9.17) is 11.1 Å². The van der Waals surface area contributed by atoms with E-state index in [-0.39, 0.29) is 20.1 Å². The molecule has 0 radical (unpaired) electrons. The highest BCUT2D eigenvalue weighted by Crippen LogP contribution is 2.56. The average molecular weight is 448 g/mol. The molecule has 162 valence electrons. The van der Waals surface area contributed by atoms with E-state index in [9.17, 15) is 4.39 Å². The summed E-state index contributed by atoms with van der Waals surface area (Å²) in [5.41, 5.74) is 10.9. The van der Waals surface area contributed by atoms with Gasteiger partial charge < -0.3 is 20.9 Å². The fourth-order valence-electron chi connectivity index (χ4n) is 4.63. The number of halogens is 2. The van der Waals surface area contributed by atoms with Crippen molar-refractivity contribution in [3.05, 3.63) is 77.9 Å². The van der Waals surface area contributed by atoms with Crippen LogP contribution in [0.25, 0.3) is 5.57 Å². The van der Waals surface area contributed by atoms with Crippen LogP contribution in [0.5, 0.6) is 0 Å². The van der Waals surface area contributed by atoms with E-state index < -0.39 is 11.1 Å². The van der Waals surface area contributed by atoms with Crippen LogP contribution in [0.3, 0.4) is 0 Å². The lowest BCUT2D eigenvalue weighted by Crippen LogP contribution is -2.54. The Labute approximate surface area is 187 Å². The van der Waals surface area contributed by atoms with Crippen LogP contribution in [0.4, 0.5) is 37.2 Å². The average Bonchev–Trinajstić information content (AvgIpc) is 2.77. The normalized spacial score (nSPS) is 19.5. The van der Waals surface area contributed by atoms with E-state index in [2.05, 4.69) is 18.4 Å². The van der Waals surface area contributed by atoms with Crippen molar-refractivity contribution in [1.29, 1.82) is 5.41 Å². The molecule has 3 aromatic carbocycles. The molecule has 0 aliphatic carbocycles. The Hall–Kier alpha value is -3.24. The van der Waals surface area contributed by atoms with Gasteiger partial charge >= 0.3 is 0 Å². The fourth-order valence-corrected chi connectivity index (χ4v) is 6.24. The lowest BCUT2D eigenvalue weighted by atomic mass is 10.00. The molecule has 0 amide bonds. The lowest BCUT2D eigenvalue weighted by molar-refractivity contribution is 0.585. The second kappa shape index (κ2) is 7.14. The van der Waals surface area contributed by atoms with Gasteiger partial charge in [-0.1, -0.05) is 32.9 Å². The number of nitrogens with zero attached hydrogens (tertiary/aromatic N) is 2. The lowest BCUT2D eigenvalue weighted by Gasteiger charge is -2.53. The second-order valence-corrected chi connectivity index (χ2v) is 10.4. The molecule has 0 fully saturated rings. The molecule has 0 spiro atoms. The Morgan fingerprint density at radius 1 is 1.16 bits per heavy atom. The third kappa shape index (κ3) is 2.94. The van der Waals surface area contributed by atoms with Crippen LogP contribution < -0.4 is 20.8 Å². The van der Waals surface area contributed by atoms with Crippen molar-refractivity contribution in [2.45, 2.75) is 19.1 Å². The summed E-state index contributed by atoms with van der Waals surface area (Å²) < 4.78 is 30.2. The van der Waals surface area contributed by atoms with E-state index >= 15 is 4.39 Å². The molecular formula is C25H23F2N4P. The van der Waals surface area contributed by atoms with Gasteiger partial charge in [0.15, 0.2) is 5.82 Å². The Kier molecular flexibility index (Phi) is 4.61. The number of anilines is 5. The third-order valence-electron chi connectivity index (χ3n) is 6.20. The van der Waals surface area contributed by atoms with E-state index in [0.29, 0.717) is 28.8 Å². The van der Waals surface area contributed by atoms with E-state index in [1.165, 1.54) is 6.07 Å². The minimum atomic E-state index is -0.553. The molecule has 2 aliphatic heterocycles. The van der Waals surface area contributed by atoms with Gasteiger partial charge in [-0.15, -0.1) is 0 Å². The number of benzene rings is 3. The number of nitrogens with two attached hydrogens (primary N) is 1. The zero-order chi connectivity index (χ0) is 22.8. The Morgan fingerprint density at radius 3 is 2.50 bits per heavy atom. The van der Waals surface area contributed by atoms with Crippen LogP contribution in [-0.4, -0.2) is 18.0 Å². The molecule has 3 aromatic rings. The van der Waals surface area contributed by atoms with Crippen LogP contribution >= 0.6 is 8.58 Å². The highest BCUT2D eigenvalue weighted by molar-refractivity contribution is 7.49. The quantitative estimate of drug-likeness (QED) is 0.298. The monoisotopic (exact) mass is 448 g/mol. The molecule has 3 N–H and O–H groups in total. The Morgan fingerprint density at radius 2 is 1.84 bits per heavy atom. The number of hydrogen-bond donors (Lipinski definition) is 2. The summed E-state index contributed by atoms with van der Waals surface area (Å²) in [5.74, 6) is -0.775. The zero-order valence-corrected chi connectivity index (χ0v) is 18.8. The van der Waals surface area contributed by atoms with Gasteiger partial charge in [0.2, 0.25) is 0 Å². The van der Waals surface area contributed by atoms with Gasteiger partial charge in [0, 0.05) is 28.5 Å². The first kappa shape index (κ1) is 20.7. The number of allylic oxidation sites excluding steroid dienone is 1. The zero-order valence-electron chi connectivity index (χ0n) is 17.8. The minimum Gasteiger partial charge on any atom is -0.396 e. The van der Waals surface area contributed by atoms with Gasteiger partial charge in [-0.2, -0.15) is 0 Å². The summed E-state index contributed by atoms with van der Waals surface area (Å²) in [6, 6.07) is 14.6. The van der Waals surface area contributed by atoms with Crippen LogP contribution in [0.15, 0.2) is 55.1 Å². The summed E-state index contributed by atoms with van der Waals surface area (Å²) in [5, 5.41) is 7.90. The Bertz CT molecular complexity index is 1290. The van der Waals surface area contributed by atoms with Crippen LogP contribution in [0, 0.1) is 17.0 Å².